The number of aromatic nitrogens is 1. The first-order chi connectivity index (χ1) is 16.9. The number of benzene rings is 2. The number of hydrogen-bond donors (Lipinski definition) is 5. The standard InChI is InChI=1S/C26H28N4O5/c31-23(28-22(26(34)35)14-17-15-27-19-9-5-4-8-18(17)19)13-12-21-25(33)29-20(24(32)30-21)11-10-16-6-2-1-3-7-16/h1-9,15,20-22,27H,10-14H2,(H,28,31)(H,29,33)(H,30,32)(H,34,35)/t20-,21-,22-/m1/s1. The highest BCUT2D eigenvalue weighted by Gasteiger charge is 2.33. The summed E-state index contributed by atoms with van der Waals surface area (Å²) in [5.74, 6) is -2.27. The minimum Gasteiger partial charge on any atom is -0.480 e. The van der Waals surface area contributed by atoms with E-state index in [1.165, 1.54) is 0 Å². The Bertz CT molecular complexity index is 1220. The number of rotatable bonds is 10. The van der Waals surface area contributed by atoms with E-state index in [9.17, 15) is 24.3 Å². The average molecular weight is 477 g/mol. The van der Waals surface area contributed by atoms with Gasteiger partial charge >= 0.3 is 5.97 Å². The highest BCUT2D eigenvalue weighted by Crippen LogP contribution is 2.19. The molecular formula is C26H28N4O5. The number of carbonyl (C=O) groups excluding carboxylic acids is 3. The van der Waals surface area contributed by atoms with Crippen molar-refractivity contribution in [2.45, 2.75) is 50.2 Å². The Morgan fingerprint density at radius 3 is 2.29 bits per heavy atom. The predicted molar refractivity (Wildman–Crippen MR) is 129 cm³/mol. The summed E-state index contributed by atoms with van der Waals surface area (Å²) in [4.78, 5) is 52.3. The fourth-order valence-electron chi connectivity index (χ4n) is 4.30. The molecule has 5 N–H and O–H groups in total. The number of fused-ring (bicyclic) bond motifs is 1. The molecule has 3 atom stereocenters. The van der Waals surface area contributed by atoms with Crippen molar-refractivity contribution in [1.82, 2.24) is 20.9 Å². The van der Waals surface area contributed by atoms with Crippen LogP contribution in [0.25, 0.3) is 10.9 Å². The van der Waals surface area contributed by atoms with Crippen LogP contribution in [0.5, 0.6) is 0 Å². The van der Waals surface area contributed by atoms with Crippen LogP contribution in [0.1, 0.15) is 30.4 Å². The van der Waals surface area contributed by atoms with Crippen molar-refractivity contribution in [2.75, 3.05) is 0 Å². The number of carboxylic acids is 1. The topological polar surface area (TPSA) is 140 Å². The molecule has 1 aliphatic rings. The van der Waals surface area contributed by atoms with Crippen molar-refractivity contribution >= 4 is 34.6 Å². The van der Waals surface area contributed by atoms with E-state index >= 15 is 0 Å². The molecule has 0 aliphatic carbocycles. The quantitative estimate of drug-likeness (QED) is 0.303. The lowest BCUT2D eigenvalue weighted by Crippen LogP contribution is -2.61. The van der Waals surface area contributed by atoms with Gasteiger partial charge in [-0.3, -0.25) is 14.4 Å². The minimum atomic E-state index is -1.14. The largest absolute Gasteiger partial charge is 0.480 e. The number of aromatic amines is 1. The predicted octanol–water partition coefficient (Wildman–Crippen LogP) is 1.68. The van der Waals surface area contributed by atoms with E-state index in [2.05, 4.69) is 20.9 Å². The molecule has 0 unspecified atom stereocenters. The van der Waals surface area contributed by atoms with Gasteiger partial charge in [0.15, 0.2) is 0 Å². The van der Waals surface area contributed by atoms with E-state index in [0.29, 0.717) is 12.8 Å². The second-order valence-electron chi connectivity index (χ2n) is 8.71. The molecule has 0 spiro atoms. The summed E-state index contributed by atoms with van der Waals surface area (Å²) in [6.07, 6.45) is 2.97. The first-order valence-corrected chi connectivity index (χ1v) is 11.6. The monoisotopic (exact) mass is 476 g/mol. The van der Waals surface area contributed by atoms with Crippen LogP contribution in [0, 0.1) is 0 Å². The smallest absolute Gasteiger partial charge is 0.326 e. The van der Waals surface area contributed by atoms with Gasteiger partial charge in [0.1, 0.15) is 18.1 Å². The molecular weight excluding hydrogens is 448 g/mol. The maximum Gasteiger partial charge on any atom is 0.326 e. The van der Waals surface area contributed by atoms with E-state index in [1.807, 2.05) is 54.6 Å². The third-order valence-corrected chi connectivity index (χ3v) is 6.22. The van der Waals surface area contributed by atoms with Gasteiger partial charge in [-0.15, -0.1) is 0 Å². The molecule has 9 heteroatoms. The maximum atomic E-state index is 12.5. The van der Waals surface area contributed by atoms with Crippen molar-refractivity contribution in [3.8, 4) is 0 Å². The van der Waals surface area contributed by atoms with Gasteiger partial charge in [-0.25, -0.2) is 4.79 Å². The van der Waals surface area contributed by atoms with Crippen LogP contribution < -0.4 is 16.0 Å². The van der Waals surface area contributed by atoms with Gasteiger partial charge in [-0.2, -0.15) is 0 Å². The first-order valence-electron chi connectivity index (χ1n) is 11.6. The van der Waals surface area contributed by atoms with Crippen LogP contribution in [-0.4, -0.2) is 51.9 Å². The van der Waals surface area contributed by atoms with Gasteiger partial charge in [0, 0.05) is 29.9 Å². The van der Waals surface area contributed by atoms with E-state index in [-0.39, 0.29) is 31.1 Å². The maximum absolute atomic E-state index is 12.5. The van der Waals surface area contributed by atoms with Crippen LogP contribution in [0.15, 0.2) is 60.8 Å². The number of nitrogens with one attached hydrogen (secondary N) is 4. The molecule has 182 valence electrons. The average Bonchev–Trinajstić information content (AvgIpc) is 3.26. The third kappa shape index (κ3) is 6.06. The molecule has 2 heterocycles. The van der Waals surface area contributed by atoms with Crippen LogP contribution in [0.2, 0.25) is 0 Å². The fourth-order valence-corrected chi connectivity index (χ4v) is 4.30. The molecule has 1 saturated heterocycles. The van der Waals surface area contributed by atoms with Gasteiger partial charge in [0.2, 0.25) is 17.7 Å². The van der Waals surface area contributed by atoms with Crippen LogP contribution in [0.4, 0.5) is 0 Å². The fraction of sp³-hybridized carbons (Fsp3) is 0.308. The molecule has 1 aromatic heterocycles. The summed E-state index contributed by atoms with van der Waals surface area (Å²) in [6.45, 7) is 0. The summed E-state index contributed by atoms with van der Waals surface area (Å²) in [5.41, 5.74) is 2.75. The third-order valence-electron chi connectivity index (χ3n) is 6.22. The Kier molecular flexibility index (Phi) is 7.45. The van der Waals surface area contributed by atoms with Crippen molar-refractivity contribution in [3.63, 3.8) is 0 Å². The number of piperazine rings is 1. The molecule has 0 radical (unpaired) electrons. The zero-order valence-corrected chi connectivity index (χ0v) is 19.1. The van der Waals surface area contributed by atoms with Crippen molar-refractivity contribution in [1.29, 1.82) is 0 Å². The van der Waals surface area contributed by atoms with E-state index in [1.54, 1.807) is 6.20 Å². The molecule has 1 fully saturated rings. The van der Waals surface area contributed by atoms with Gasteiger partial charge in [0.25, 0.3) is 0 Å². The molecule has 0 saturated carbocycles. The van der Waals surface area contributed by atoms with Gasteiger partial charge in [-0.1, -0.05) is 48.5 Å². The van der Waals surface area contributed by atoms with E-state index < -0.39 is 30.0 Å². The Morgan fingerprint density at radius 2 is 1.57 bits per heavy atom. The number of amides is 3. The number of para-hydroxylation sites is 1. The molecule has 3 aromatic rings. The molecule has 2 aromatic carbocycles. The van der Waals surface area contributed by atoms with Gasteiger partial charge in [0.05, 0.1) is 0 Å². The lowest BCUT2D eigenvalue weighted by molar-refractivity contribution is -0.142. The van der Waals surface area contributed by atoms with Gasteiger partial charge < -0.3 is 26.0 Å². The normalized spacial score (nSPS) is 18.5. The second kappa shape index (κ2) is 10.9. The Hall–Kier alpha value is -4.14. The number of aryl methyl sites for hydroxylation is 1. The number of carboxylic acid groups (broad SMARTS) is 1. The number of hydrogen-bond acceptors (Lipinski definition) is 4. The Morgan fingerprint density at radius 1 is 0.914 bits per heavy atom. The zero-order chi connectivity index (χ0) is 24.8. The summed E-state index contributed by atoms with van der Waals surface area (Å²) in [6, 6.07) is 14.6. The van der Waals surface area contributed by atoms with Crippen LogP contribution >= 0.6 is 0 Å². The van der Waals surface area contributed by atoms with Crippen LogP contribution in [-0.2, 0) is 32.0 Å². The number of aliphatic carboxylic acids is 1. The summed E-state index contributed by atoms with van der Waals surface area (Å²) in [5, 5.41) is 18.5. The first kappa shape index (κ1) is 24.0. The SMILES string of the molecule is O=C(CC[C@H]1NC(=O)[C@@H](CCc2ccccc2)NC1=O)N[C@H](Cc1c[nH]c2ccccc12)C(=O)O. The van der Waals surface area contributed by atoms with Crippen molar-refractivity contribution in [2.24, 2.45) is 0 Å². The van der Waals surface area contributed by atoms with Gasteiger partial charge in [-0.05, 0) is 36.5 Å². The van der Waals surface area contributed by atoms with E-state index in [0.717, 1.165) is 22.0 Å². The Labute approximate surface area is 202 Å². The molecule has 35 heavy (non-hydrogen) atoms. The molecule has 4 rings (SSSR count). The van der Waals surface area contributed by atoms with E-state index in [4.69, 9.17) is 0 Å². The Balaban J connectivity index is 1.27. The number of H-pyrrole nitrogens is 1. The van der Waals surface area contributed by atoms with Crippen molar-refractivity contribution < 1.29 is 24.3 Å². The minimum absolute atomic E-state index is 0.0776. The highest BCUT2D eigenvalue weighted by molar-refractivity contribution is 5.97. The lowest BCUT2D eigenvalue weighted by Gasteiger charge is -2.29. The molecule has 3 amide bonds. The molecule has 1 aliphatic heterocycles. The summed E-state index contributed by atoms with van der Waals surface area (Å²) >= 11 is 0. The molecule has 0 bridgehead atoms. The lowest BCUT2D eigenvalue weighted by atomic mass is 10.00. The second-order valence-corrected chi connectivity index (χ2v) is 8.71. The summed E-state index contributed by atoms with van der Waals surface area (Å²) < 4.78 is 0. The highest BCUT2D eigenvalue weighted by atomic mass is 16.4. The van der Waals surface area contributed by atoms with Crippen LogP contribution in [0.3, 0.4) is 0 Å². The number of carbonyl (C=O) groups is 4. The molecule has 9 nitrogen and oxygen atoms in total. The summed E-state index contributed by atoms with van der Waals surface area (Å²) in [7, 11) is 0. The zero-order valence-electron chi connectivity index (χ0n) is 19.1. The van der Waals surface area contributed by atoms with Crippen molar-refractivity contribution in [3.05, 3.63) is 71.9 Å².